The molecule has 5 heteroatoms. The van der Waals surface area contributed by atoms with Gasteiger partial charge in [-0.25, -0.2) is 4.79 Å². The highest BCUT2D eigenvalue weighted by Gasteiger charge is 2.13. The molecule has 0 aliphatic carbocycles. The third kappa shape index (κ3) is 3.60. The van der Waals surface area contributed by atoms with Gasteiger partial charge in [0.1, 0.15) is 11.3 Å². The zero-order valence-corrected chi connectivity index (χ0v) is 11.9. The largest absolute Gasteiger partial charge is 0.496 e. The quantitative estimate of drug-likeness (QED) is 0.405. The maximum Gasteiger partial charge on any atom is 0.369 e. The molecule has 21 heavy (non-hydrogen) atoms. The summed E-state index contributed by atoms with van der Waals surface area (Å²) in [6.07, 6.45) is 0. The van der Waals surface area contributed by atoms with Crippen LogP contribution in [-0.4, -0.2) is 18.9 Å². The molecule has 0 aromatic heterocycles. The first-order valence-corrected chi connectivity index (χ1v) is 6.36. The van der Waals surface area contributed by atoms with Crippen molar-refractivity contribution in [1.82, 2.24) is 0 Å². The van der Waals surface area contributed by atoms with Crippen molar-refractivity contribution < 1.29 is 14.4 Å². The number of oxime groups is 1. The van der Waals surface area contributed by atoms with Crippen LogP contribution in [0.2, 0.25) is 0 Å². The third-order valence-electron chi connectivity index (χ3n) is 2.90. The molecule has 2 aromatic carbocycles. The molecule has 0 heterocycles. The van der Waals surface area contributed by atoms with Gasteiger partial charge in [0.05, 0.1) is 7.11 Å². The fourth-order valence-electron chi connectivity index (χ4n) is 1.73. The van der Waals surface area contributed by atoms with E-state index in [1.54, 1.807) is 24.3 Å². The number of carbonyl (C=O) groups excluding carboxylic acids is 1. The number of amidine groups is 1. The number of aryl methyl sites for hydroxylation is 1. The Balaban J connectivity index is 2.12. The second-order valence-corrected chi connectivity index (χ2v) is 4.42. The number of hydrogen-bond acceptors (Lipinski definition) is 4. The van der Waals surface area contributed by atoms with Crippen LogP contribution in [0.25, 0.3) is 0 Å². The average molecular weight is 284 g/mol. The number of rotatable bonds is 4. The topological polar surface area (TPSA) is 73.9 Å². The lowest BCUT2D eigenvalue weighted by molar-refractivity contribution is 0.0512. The van der Waals surface area contributed by atoms with Crippen molar-refractivity contribution in [2.75, 3.05) is 7.11 Å². The van der Waals surface area contributed by atoms with Crippen LogP contribution in [0.3, 0.4) is 0 Å². The van der Waals surface area contributed by atoms with Crippen molar-refractivity contribution in [3.05, 3.63) is 65.2 Å². The number of nitrogens with two attached hydrogens (primary N) is 1. The van der Waals surface area contributed by atoms with Crippen LogP contribution >= 0.6 is 0 Å². The van der Waals surface area contributed by atoms with Crippen molar-refractivity contribution in [1.29, 1.82) is 0 Å². The molecule has 0 radical (unpaired) electrons. The number of benzene rings is 2. The predicted molar refractivity (Wildman–Crippen MR) is 80.3 cm³/mol. The molecule has 0 saturated heterocycles. The van der Waals surface area contributed by atoms with Gasteiger partial charge in [0.15, 0.2) is 5.84 Å². The molecule has 0 saturated carbocycles. The SMILES string of the molecule is COc1ccccc1C(=O)O/N=C(\N)c1ccc(C)cc1. The van der Waals surface area contributed by atoms with Crippen LogP contribution in [-0.2, 0) is 4.84 Å². The Hall–Kier alpha value is -2.82. The summed E-state index contributed by atoms with van der Waals surface area (Å²) < 4.78 is 5.09. The Morgan fingerprint density at radius 3 is 2.43 bits per heavy atom. The number of ether oxygens (including phenoxy) is 1. The number of para-hydroxylation sites is 1. The Kier molecular flexibility index (Phi) is 4.56. The molecule has 2 N–H and O–H groups in total. The van der Waals surface area contributed by atoms with E-state index in [-0.39, 0.29) is 5.84 Å². The van der Waals surface area contributed by atoms with E-state index in [9.17, 15) is 4.79 Å². The highest BCUT2D eigenvalue weighted by molar-refractivity contribution is 5.98. The summed E-state index contributed by atoms with van der Waals surface area (Å²) in [4.78, 5) is 16.8. The van der Waals surface area contributed by atoms with Gasteiger partial charge >= 0.3 is 5.97 Å². The van der Waals surface area contributed by atoms with E-state index in [0.29, 0.717) is 16.9 Å². The molecule has 0 unspecified atom stereocenters. The minimum Gasteiger partial charge on any atom is -0.496 e. The summed E-state index contributed by atoms with van der Waals surface area (Å²) in [6.45, 7) is 1.97. The first-order chi connectivity index (χ1) is 10.1. The fraction of sp³-hybridized carbons (Fsp3) is 0.125. The van der Waals surface area contributed by atoms with Crippen LogP contribution in [0.15, 0.2) is 53.7 Å². The second-order valence-electron chi connectivity index (χ2n) is 4.42. The Bertz CT molecular complexity index is 663. The van der Waals surface area contributed by atoms with Gasteiger partial charge in [0, 0.05) is 5.56 Å². The number of methoxy groups -OCH3 is 1. The highest BCUT2D eigenvalue weighted by atomic mass is 16.7. The van der Waals surface area contributed by atoms with Crippen LogP contribution in [0.5, 0.6) is 5.75 Å². The second kappa shape index (κ2) is 6.56. The highest BCUT2D eigenvalue weighted by Crippen LogP contribution is 2.18. The summed E-state index contributed by atoms with van der Waals surface area (Å²) in [7, 11) is 1.48. The first-order valence-electron chi connectivity index (χ1n) is 6.36. The van der Waals surface area contributed by atoms with Crippen molar-refractivity contribution in [2.24, 2.45) is 10.9 Å². The molecule has 0 bridgehead atoms. The lowest BCUT2D eigenvalue weighted by Crippen LogP contribution is -2.15. The van der Waals surface area contributed by atoms with Gasteiger partial charge < -0.3 is 15.3 Å². The van der Waals surface area contributed by atoms with Crippen LogP contribution in [0.1, 0.15) is 21.5 Å². The first kappa shape index (κ1) is 14.6. The van der Waals surface area contributed by atoms with Gasteiger partial charge in [-0.05, 0) is 19.1 Å². The number of hydrogen-bond donors (Lipinski definition) is 1. The lowest BCUT2D eigenvalue weighted by Gasteiger charge is -2.05. The van der Waals surface area contributed by atoms with E-state index in [2.05, 4.69) is 5.16 Å². The maximum absolute atomic E-state index is 11.9. The third-order valence-corrected chi connectivity index (χ3v) is 2.90. The van der Waals surface area contributed by atoms with Crippen molar-refractivity contribution in [3.63, 3.8) is 0 Å². The molecule has 2 rings (SSSR count). The molecular formula is C16H16N2O3. The van der Waals surface area contributed by atoms with Gasteiger partial charge in [-0.3, -0.25) is 0 Å². The van der Waals surface area contributed by atoms with Gasteiger partial charge in [-0.1, -0.05) is 47.1 Å². The monoisotopic (exact) mass is 284 g/mol. The Morgan fingerprint density at radius 1 is 1.10 bits per heavy atom. The molecule has 0 amide bonds. The minimum atomic E-state index is -0.623. The molecule has 0 spiro atoms. The summed E-state index contributed by atoms with van der Waals surface area (Å²) in [6, 6.07) is 14.2. The van der Waals surface area contributed by atoms with Gasteiger partial charge in [-0.2, -0.15) is 0 Å². The van der Waals surface area contributed by atoms with Crippen molar-refractivity contribution >= 4 is 11.8 Å². The zero-order chi connectivity index (χ0) is 15.2. The fourth-order valence-corrected chi connectivity index (χ4v) is 1.73. The summed E-state index contributed by atoms with van der Waals surface area (Å²) in [5.74, 6) is -0.0626. The molecule has 0 aliphatic heterocycles. The van der Waals surface area contributed by atoms with Gasteiger partial charge in [-0.15, -0.1) is 0 Å². The van der Waals surface area contributed by atoms with E-state index in [0.717, 1.165) is 5.56 Å². The maximum atomic E-state index is 11.9. The molecule has 0 atom stereocenters. The van der Waals surface area contributed by atoms with Gasteiger partial charge in [0.25, 0.3) is 0 Å². The van der Waals surface area contributed by atoms with Crippen LogP contribution < -0.4 is 10.5 Å². The van der Waals surface area contributed by atoms with E-state index in [4.69, 9.17) is 15.3 Å². The van der Waals surface area contributed by atoms with E-state index >= 15 is 0 Å². The predicted octanol–water partition coefficient (Wildman–Crippen LogP) is 2.48. The molecule has 2 aromatic rings. The Morgan fingerprint density at radius 2 is 1.76 bits per heavy atom. The van der Waals surface area contributed by atoms with E-state index < -0.39 is 5.97 Å². The molecule has 5 nitrogen and oxygen atoms in total. The zero-order valence-electron chi connectivity index (χ0n) is 11.9. The number of carbonyl (C=O) groups is 1. The standard InChI is InChI=1S/C16H16N2O3/c1-11-7-9-12(10-8-11)15(17)18-21-16(19)13-5-3-4-6-14(13)20-2/h3-10H,1-2H3,(H2,17,18). The molecule has 0 aliphatic rings. The summed E-state index contributed by atoms with van der Waals surface area (Å²) in [5, 5.41) is 3.67. The summed E-state index contributed by atoms with van der Waals surface area (Å²) >= 11 is 0. The average Bonchev–Trinajstić information content (AvgIpc) is 2.52. The van der Waals surface area contributed by atoms with Crippen LogP contribution in [0, 0.1) is 6.92 Å². The van der Waals surface area contributed by atoms with Crippen molar-refractivity contribution in [2.45, 2.75) is 6.92 Å². The van der Waals surface area contributed by atoms with Gasteiger partial charge in [0.2, 0.25) is 0 Å². The minimum absolute atomic E-state index is 0.137. The molecule has 108 valence electrons. The van der Waals surface area contributed by atoms with E-state index in [1.165, 1.54) is 7.11 Å². The Labute approximate surface area is 123 Å². The molecular weight excluding hydrogens is 268 g/mol. The summed E-state index contributed by atoms with van der Waals surface area (Å²) in [5.41, 5.74) is 7.87. The molecule has 0 fully saturated rings. The van der Waals surface area contributed by atoms with Crippen molar-refractivity contribution in [3.8, 4) is 5.75 Å². The smallest absolute Gasteiger partial charge is 0.369 e. The van der Waals surface area contributed by atoms with Crippen LogP contribution in [0.4, 0.5) is 0 Å². The number of nitrogens with zero attached hydrogens (tertiary/aromatic N) is 1. The van der Waals surface area contributed by atoms with E-state index in [1.807, 2.05) is 31.2 Å². The lowest BCUT2D eigenvalue weighted by atomic mass is 10.1. The normalized spacial score (nSPS) is 11.0.